The third kappa shape index (κ3) is 5.41. The molecule has 2 aromatic rings. The summed E-state index contributed by atoms with van der Waals surface area (Å²) in [5.41, 5.74) is 4.31. The van der Waals surface area contributed by atoms with E-state index in [0.29, 0.717) is 19.5 Å². The van der Waals surface area contributed by atoms with Crippen LogP contribution in [0.5, 0.6) is 0 Å². The number of amides is 2. The third-order valence-electron chi connectivity index (χ3n) is 4.64. The Kier molecular flexibility index (Phi) is 6.89. The fraction of sp³-hybridized carbons (Fsp3) is 0.381. The van der Waals surface area contributed by atoms with Gasteiger partial charge in [-0.15, -0.1) is 0 Å². The van der Waals surface area contributed by atoms with E-state index in [0.717, 1.165) is 23.2 Å². The van der Waals surface area contributed by atoms with Crippen molar-refractivity contribution in [1.82, 2.24) is 9.88 Å². The van der Waals surface area contributed by atoms with Gasteiger partial charge >= 0.3 is 0 Å². The maximum absolute atomic E-state index is 12.4. The van der Waals surface area contributed by atoms with E-state index in [4.69, 9.17) is 0 Å². The molecular weight excluding hydrogens is 326 g/mol. The number of aromatic nitrogens is 1. The van der Waals surface area contributed by atoms with Crippen molar-refractivity contribution in [3.63, 3.8) is 0 Å². The molecule has 0 saturated heterocycles. The number of aryl methyl sites for hydroxylation is 2. The lowest BCUT2D eigenvalue weighted by Gasteiger charge is -2.24. The average molecular weight is 353 g/mol. The lowest BCUT2D eigenvalue weighted by atomic mass is 10.1. The number of nitrogens with zero attached hydrogens (tertiary/aromatic N) is 3. The van der Waals surface area contributed by atoms with E-state index >= 15 is 0 Å². The minimum absolute atomic E-state index is 0.0362. The average Bonchev–Trinajstić information content (AvgIpc) is 2.63. The first kappa shape index (κ1) is 19.6. The van der Waals surface area contributed by atoms with Crippen LogP contribution in [0.25, 0.3) is 0 Å². The molecule has 0 aliphatic carbocycles. The number of hydrogen-bond acceptors (Lipinski definition) is 3. The number of hydrogen-bond donors (Lipinski definition) is 0. The number of likely N-dealkylation sites (N-methyl/N-ethyl adjacent to an activating group) is 1. The van der Waals surface area contributed by atoms with Crippen molar-refractivity contribution in [3.05, 3.63) is 59.4 Å². The smallest absolute Gasteiger partial charge is 0.224 e. The number of rotatable bonds is 7. The Morgan fingerprint density at radius 1 is 1.00 bits per heavy atom. The van der Waals surface area contributed by atoms with Crippen LogP contribution in [0.3, 0.4) is 0 Å². The molecule has 26 heavy (non-hydrogen) atoms. The second-order valence-electron chi connectivity index (χ2n) is 6.61. The van der Waals surface area contributed by atoms with Gasteiger partial charge in [0.15, 0.2) is 0 Å². The first-order chi connectivity index (χ1) is 12.4. The Morgan fingerprint density at radius 2 is 1.69 bits per heavy atom. The minimum Gasteiger partial charge on any atom is -0.345 e. The molecule has 0 radical (unpaired) electrons. The molecule has 0 fully saturated rings. The first-order valence-electron chi connectivity index (χ1n) is 8.86. The molecule has 0 aliphatic rings. The number of pyridine rings is 1. The SMILES string of the molecule is CC(=O)N(CCC(=O)N(C)CCc1ccncc1)c1ccc(C)c(C)c1. The summed E-state index contributed by atoms with van der Waals surface area (Å²) >= 11 is 0. The van der Waals surface area contributed by atoms with Crippen molar-refractivity contribution < 1.29 is 9.59 Å². The highest BCUT2D eigenvalue weighted by Crippen LogP contribution is 2.19. The quantitative estimate of drug-likeness (QED) is 0.768. The van der Waals surface area contributed by atoms with Crippen LogP contribution in [0, 0.1) is 13.8 Å². The Balaban J connectivity index is 1.92. The molecule has 0 atom stereocenters. The Bertz CT molecular complexity index is 759. The molecule has 5 heteroatoms. The Labute approximate surface area is 155 Å². The van der Waals surface area contributed by atoms with Gasteiger partial charge in [0.25, 0.3) is 0 Å². The van der Waals surface area contributed by atoms with Crippen molar-refractivity contribution in [1.29, 1.82) is 0 Å². The predicted molar refractivity (Wildman–Crippen MR) is 104 cm³/mol. The van der Waals surface area contributed by atoms with Crippen LogP contribution in [-0.2, 0) is 16.0 Å². The summed E-state index contributed by atoms with van der Waals surface area (Å²) in [6, 6.07) is 9.84. The van der Waals surface area contributed by atoms with Gasteiger partial charge in [-0.25, -0.2) is 0 Å². The highest BCUT2D eigenvalue weighted by atomic mass is 16.2. The zero-order valence-electron chi connectivity index (χ0n) is 16.0. The molecule has 0 unspecified atom stereocenters. The van der Waals surface area contributed by atoms with Gasteiger partial charge in [0.2, 0.25) is 11.8 Å². The first-order valence-corrected chi connectivity index (χ1v) is 8.86. The molecule has 138 valence electrons. The summed E-state index contributed by atoms with van der Waals surface area (Å²) in [5, 5.41) is 0. The van der Waals surface area contributed by atoms with E-state index in [1.54, 1.807) is 29.2 Å². The van der Waals surface area contributed by atoms with Gasteiger partial charge < -0.3 is 9.80 Å². The van der Waals surface area contributed by atoms with Gasteiger partial charge in [0.05, 0.1) is 0 Å². The van der Waals surface area contributed by atoms with Gasteiger partial charge in [-0.1, -0.05) is 6.07 Å². The van der Waals surface area contributed by atoms with Crippen LogP contribution in [0.4, 0.5) is 5.69 Å². The van der Waals surface area contributed by atoms with Crippen molar-refractivity contribution >= 4 is 17.5 Å². The monoisotopic (exact) mass is 353 g/mol. The van der Waals surface area contributed by atoms with Crippen LogP contribution >= 0.6 is 0 Å². The number of carbonyl (C=O) groups excluding carboxylic acids is 2. The van der Waals surface area contributed by atoms with E-state index in [2.05, 4.69) is 4.98 Å². The summed E-state index contributed by atoms with van der Waals surface area (Å²) in [7, 11) is 1.80. The van der Waals surface area contributed by atoms with E-state index in [1.165, 1.54) is 12.5 Å². The second kappa shape index (κ2) is 9.13. The predicted octanol–water partition coefficient (Wildman–Crippen LogP) is 3.14. The summed E-state index contributed by atoms with van der Waals surface area (Å²) in [6.45, 7) is 6.63. The maximum Gasteiger partial charge on any atom is 0.224 e. The van der Waals surface area contributed by atoms with Gasteiger partial charge in [0, 0.05) is 51.6 Å². The van der Waals surface area contributed by atoms with E-state index < -0.39 is 0 Å². The summed E-state index contributed by atoms with van der Waals surface area (Å²) in [6.07, 6.45) is 4.61. The minimum atomic E-state index is -0.0551. The van der Waals surface area contributed by atoms with Crippen LogP contribution in [-0.4, -0.2) is 41.8 Å². The van der Waals surface area contributed by atoms with E-state index in [-0.39, 0.29) is 11.8 Å². The van der Waals surface area contributed by atoms with Gasteiger partial charge in [-0.3, -0.25) is 14.6 Å². The molecular formula is C21H27N3O2. The van der Waals surface area contributed by atoms with Crippen LogP contribution in [0.2, 0.25) is 0 Å². The molecule has 0 spiro atoms. The molecule has 0 bridgehead atoms. The summed E-state index contributed by atoms with van der Waals surface area (Å²) in [4.78, 5) is 31.8. The van der Waals surface area contributed by atoms with Crippen LogP contribution in [0.1, 0.15) is 30.0 Å². The highest BCUT2D eigenvalue weighted by Gasteiger charge is 2.16. The molecule has 2 rings (SSSR count). The van der Waals surface area contributed by atoms with Gasteiger partial charge in [-0.05, 0) is 61.2 Å². The number of benzene rings is 1. The topological polar surface area (TPSA) is 53.5 Å². The largest absolute Gasteiger partial charge is 0.345 e. The normalized spacial score (nSPS) is 10.5. The van der Waals surface area contributed by atoms with Crippen molar-refractivity contribution in [2.75, 3.05) is 25.0 Å². The number of carbonyl (C=O) groups is 2. The molecule has 5 nitrogen and oxygen atoms in total. The second-order valence-corrected chi connectivity index (χ2v) is 6.61. The Hall–Kier alpha value is -2.69. The van der Waals surface area contributed by atoms with E-state index in [1.807, 2.05) is 44.2 Å². The molecule has 1 aromatic carbocycles. The lowest BCUT2D eigenvalue weighted by Crippen LogP contribution is -2.35. The van der Waals surface area contributed by atoms with Gasteiger partial charge in [-0.2, -0.15) is 0 Å². The van der Waals surface area contributed by atoms with Crippen LogP contribution < -0.4 is 4.90 Å². The van der Waals surface area contributed by atoms with Crippen molar-refractivity contribution in [2.45, 2.75) is 33.6 Å². The number of anilines is 1. The molecule has 0 aliphatic heterocycles. The highest BCUT2D eigenvalue weighted by molar-refractivity contribution is 5.92. The van der Waals surface area contributed by atoms with Crippen molar-refractivity contribution in [2.24, 2.45) is 0 Å². The van der Waals surface area contributed by atoms with Gasteiger partial charge in [0.1, 0.15) is 0 Å². The standard InChI is InChI=1S/C21H27N3O2/c1-16-5-6-20(15-17(16)2)24(18(3)25)14-10-21(26)23(4)13-9-19-7-11-22-12-8-19/h5-8,11-12,15H,9-10,13-14H2,1-4H3. The zero-order valence-corrected chi connectivity index (χ0v) is 16.0. The third-order valence-corrected chi connectivity index (χ3v) is 4.64. The summed E-state index contributed by atoms with van der Waals surface area (Å²) in [5.74, 6) is -0.0189. The fourth-order valence-corrected chi connectivity index (χ4v) is 2.73. The molecule has 1 aromatic heterocycles. The van der Waals surface area contributed by atoms with E-state index in [9.17, 15) is 9.59 Å². The lowest BCUT2D eigenvalue weighted by molar-refractivity contribution is -0.129. The molecule has 2 amide bonds. The molecule has 0 saturated carbocycles. The van der Waals surface area contributed by atoms with Crippen LogP contribution in [0.15, 0.2) is 42.7 Å². The van der Waals surface area contributed by atoms with Crippen molar-refractivity contribution in [3.8, 4) is 0 Å². The maximum atomic E-state index is 12.4. The molecule has 0 N–H and O–H groups in total. The Morgan fingerprint density at radius 3 is 2.31 bits per heavy atom. The molecule has 1 heterocycles. The fourth-order valence-electron chi connectivity index (χ4n) is 2.73. The zero-order chi connectivity index (χ0) is 19.1. The summed E-state index contributed by atoms with van der Waals surface area (Å²) < 4.78 is 0.